The second-order valence-corrected chi connectivity index (χ2v) is 4.73. The van der Waals surface area contributed by atoms with E-state index < -0.39 is 0 Å². The standard InChI is InChI=1S/C16H17N3O2/c1-19-15(12-6-4-3-5-7-12)18-21-16(17-19)13-8-10-14(20-2)11-9-13/h3-11,16-17H,1-2H3. The highest BCUT2D eigenvalue weighted by Gasteiger charge is 2.23. The lowest BCUT2D eigenvalue weighted by Gasteiger charge is -2.31. The van der Waals surface area contributed by atoms with Crippen LogP contribution in [-0.2, 0) is 4.84 Å². The van der Waals surface area contributed by atoms with Crippen LogP contribution in [0.5, 0.6) is 5.75 Å². The largest absolute Gasteiger partial charge is 0.497 e. The highest BCUT2D eigenvalue weighted by molar-refractivity contribution is 5.98. The van der Waals surface area contributed by atoms with Gasteiger partial charge in [0.15, 0.2) is 5.84 Å². The van der Waals surface area contributed by atoms with Gasteiger partial charge in [0, 0.05) is 18.2 Å². The van der Waals surface area contributed by atoms with Crippen molar-refractivity contribution in [3.63, 3.8) is 0 Å². The van der Waals surface area contributed by atoms with Crippen molar-refractivity contribution < 1.29 is 9.57 Å². The summed E-state index contributed by atoms with van der Waals surface area (Å²) in [6, 6.07) is 17.6. The predicted molar refractivity (Wildman–Crippen MR) is 80.7 cm³/mol. The maximum absolute atomic E-state index is 5.57. The molecule has 21 heavy (non-hydrogen) atoms. The second-order valence-electron chi connectivity index (χ2n) is 4.73. The molecular weight excluding hydrogens is 266 g/mol. The molecular formula is C16H17N3O2. The Bertz CT molecular complexity index is 626. The van der Waals surface area contributed by atoms with Crippen molar-refractivity contribution in [2.45, 2.75) is 6.23 Å². The highest BCUT2D eigenvalue weighted by atomic mass is 16.7. The maximum Gasteiger partial charge on any atom is 0.220 e. The Morgan fingerprint density at radius 3 is 2.43 bits per heavy atom. The maximum atomic E-state index is 5.57. The van der Waals surface area contributed by atoms with Crippen molar-refractivity contribution in [1.29, 1.82) is 0 Å². The SMILES string of the molecule is COc1ccc(C2NN(C)C(c3ccccc3)=NO2)cc1. The van der Waals surface area contributed by atoms with Crippen molar-refractivity contribution in [3.8, 4) is 5.75 Å². The fourth-order valence-corrected chi connectivity index (χ4v) is 2.17. The topological polar surface area (TPSA) is 46.1 Å². The minimum atomic E-state index is -0.312. The van der Waals surface area contributed by atoms with Crippen molar-refractivity contribution >= 4 is 5.84 Å². The summed E-state index contributed by atoms with van der Waals surface area (Å²) in [5, 5.41) is 6.10. The molecule has 0 bridgehead atoms. The van der Waals surface area contributed by atoms with Crippen molar-refractivity contribution in [2.24, 2.45) is 5.16 Å². The van der Waals surface area contributed by atoms with Gasteiger partial charge in [-0.2, -0.15) is 5.43 Å². The molecule has 1 atom stereocenters. The molecule has 0 aliphatic carbocycles. The van der Waals surface area contributed by atoms with Gasteiger partial charge in [-0.05, 0) is 12.1 Å². The third-order valence-electron chi connectivity index (χ3n) is 3.32. The van der Waals surface area contributed by atoms with Gasteiger partial charge in [-0.3, -0.25) is 5.01 Å². The van der Waals surface area contributed by atoms with Crippen LogP contribution in [-0.4, -0.2) is 25.0 Å². The fraction of sp³-hybridized carbons (Fsp3) is 0.188. The molecule has 0 fully saturated rings. The molecule has 2 aromatic rings. The summed E-state index contributed by atoms with van der Waals surface area (Å²) < 4.78 is 5.15. The van der Waals surface area contributed by atoms with Gasteiger partial charge in [0.1, 0.15) is 5.75 Å². The molecule has 2 aromatic carbocycles. The molecule has 0 spiro atoms. The summed E-state index contributed by atoms with van der Waals surface area (Å²) in [5.41, 5.74) is 5.24. The number of ether oxygens (including phenoxy) is 1. The smallest absolute Gasteiger partial charge is 0.220 e. The summed E-state index contributed by atoms with van der Waals surface area (Å²) in [4.78, 5) is 5.57. The zero-order chi connectivity index (χ0) is 14.7. The van der Waals surface area contributed by atoms with E-state index in [1.807, 2.05) is 66.7 Å². The number of methoxy groups -OCH3 is 1. The molecule has 1 aliphatic heterocycles. The first-order valence-corrected chi connectivity index (χ1v) is 6.71. The van der Waals surface area contributed by atoms with E-state index in [1.54, 1.807) is 7.11 Å². The lowest BCUT2D eigenvalue weighted by atomic mass is 10.2. The lowest BCUT2D eigenvalue weighted by molar-refractivity contribution is -0.0237. The van der Waals surface area contributed by atoms with Gasteiger partial charge in [0.2, 0.25) is 6.23 Å². The molecule has 0 aromatic heterocycles. The molecule has 0 saturated heterocycles. The van der Waals surface area contributed by atoms with Gasteiger partial charge in [-0.1, -0.05) is 47.6 Å². The number of hydrazine groups is 1. The number of nitrogens with zero attached hydrogens (tertiary/aromatic N) is 2. The minimum absolute atomic E-state index is 0.312. The summed E-state index contributed by atoms with van der Waals surface area (Å²) in [6.45, 7) is 0. The molecule has 1 N–H and O–H groups in total. The van der Waals surface area contributed by atoms with Gasteiger partial charge < -0.3 is 9.57 Å². The average molecular weight is 283 g/mol. The number of hydrogen-bond donors (Lipinski definition) is 1. The van der Waals surface area contributed by atoms with E-state index in [0.717, 1.165) is 22.7 Å². The summed E-state index contributed by atoms with van der Waals surface area (Å²) >= 11 is 0. The van der Waals surface area contributed by atoms with E-state index in [1.165, 1.54) is 0 Å². The van der Waals surface area contributed by atoms with E-state index in [-0.39, 0.29) is 6.23 Å². The molecule has 0 radical (unpaired) electrons. The molecule has 1 heterocycles. The second kappa shape index (κ2) is 5.85. The first kappa shape index (κ1) is 13.5. The number of rotatable bonds is 3. The Kier molecular flexibility index (Phi) is 3.75. The van der Waals surface area contributed by atoms with Crippen LogP contribution in [0.1, 0.15) is 17.4 Å². The van der Waals surface area contributed by atoms with Crippen LogP contribution >= 0.6 is 0 Å². The Balaban J connectivity index is 1.79. The predicted octanol–water partition coefficient (Wildman–Crippen LogP) is 2.52. The molecule has 0 amide bonds. The van der Waals surface area contributed by atoms with Crippen LogP contribution in [0, 0.1) is 0 Å². The number of benzene rings is 2. The molecule has 1 aliphatic rings. The Morgan fingerprint density at radius 2 is 1.81 bits per heavy atom. The highest BCUT2D eigenvalue weighted by Crippen LogP contribution is 2.22. The van der Waals surface area contributed by atoms with Crippen LogP contribution in [0.25, 0.3) is 0 Å². The van der Waals surface area contributed by atoms with E-state index in [2.05, 4.69) is 10.6 Å². The van der Waals surface area contributed by atoms with E-state index in [9.17, 15) is 0 Å². The fourth-order valence-electron chi connectivity index (χ4n) is 2.17. The third-order valence-corrected chi connectivity index (χ3v) is 3.32. The lowest BCUT2D eigenvalue weighted by Crippen LogP contribution is -2.46. The number of nitrogens with one attached hydrogen (secondary N) is 1. The van der Waals surface area contributed by atoms with Crippen LogP contribution in [0.3, 0.4) is 0 Å². The van der Waals surface area contributed by atoms with Gasteiger partial charge in [0.25, 0.3) is 0 Å². The van der Waals surface area contributed by atoms with Crippen LogP contribution < -0.4 is 10.2 Å². The third kappa shape index (κ3) is 2.83. The van der Waals surface area contributed by atoms with Crippen LogP contribution in [0.4, 0.5) is 0 Å². The van der Waals surface area contributed by atoms with Crippen molar-refractivity contribution in [2.75, 3.05) is 14.2 Å². The van der Waals surface area contributed by atoms with Gasteiger partial charge in [-0.15, -0.1) is 0 Å². The van der Waals surface area contributed by atoms with E-state index >= 15 is 0 Å². The van der Waals surface area contributed by atoms with Crippen LogP contribution in [0.15, 0.2) is 59.8 Å². The molecule has 5 heteroatoms. The Morgan fingerprint density at radius 1 is 1.10 bits per heavy atom. The first-order valence-electron chi connectivity index (χ1n) is 6.71. The Hall–Kier alpha value is -2.53. The summed E-state index contributed by atoms with van der Waals surface area (Å²) in [7, 11) is 3.57. The van der Waals surface area contributed by atoms with Crippen molar-refractivity contribution in [3.05, 3.63) is 65.7 Å². The Labute approximate surface area is 123 Å². The van der Waals surface area contributed by atoms with Crippen molar-refractivity contribution in [1.82, 2.24) is 10.4 Å². The summed E-state index contributed by atoms with van der Waals surface area (Å²) in [6.07, 6.45) is -0.312. The zero-order valence-electron chi connectivity index (χ0n) is 12.0. The average Bonchev–Trinajstić information content (AvgIpc) is 2.55. The zero-order valence-corrected chi connectivity index (χ0v) is 12.0. The minimum Gasteiger partial charge on any atom is -0.497 e. The van der Waals surface area contributed by atoms with E-state index in [4.69, 9.17) is 9.57 Å². The summed E-state index contributed by atoms with van der Waals surface area (Å²) in [5.74, 6) is 1.57. The van der Waals surface area contributed by atoms with E-state index in [0.29, 0.717) is 0 Å². The van der Waals surface area contributed by atoms with Crippen LogP contribution in [0.2, 0.25) is 0 Å². The molecule has 108 valence electrons. The normalized spacial score (nSPS) is 17.9. The first-order chi connectivity index (χ1) is 10.3. The molecule has 1 unspecified atom stereocenters. The molecule has 3 rings (SSSR count). The monoisotopic (exact) mass is 283 g/mol. The van der Waals surface area contributed by atoms with Gasteiger partial charge in [0.05, 0.1) is 7.11 Å². The number of oxime groups is 1. The molecule has 5 nitrogen and oxygen atoms in total. The molecule has 0 saturated carbocycles. The quantitative estimate of drug-likeness (QED) is 0.940. The number of amidine groups is 1. The van der Waals surface area contributed by atoms with Gasteiger partial charge in [-0.25, -0.2) is 0 Å². The number of hydrogen-bond acceptors (Lipinski definition) is 5. The van der Waals surface area contributed by atoms with Gasteiger partial charge >= 0.3 is 0 Å².